The van der Waals surface area contributed by atoms with Gasteiger partial charge in [-0.3, -0.25) is 14.9 Å². The van der Waals surface area contributed by atoms with Crippen LogP contribution in [-0.4, -0.2) is 36.2 Å². The fraction of sp³-hybridized carbons (Fsp3) is 0.500. The quantitative estimate of drug-likeness (QED) is 0.517. The number of nitrogens with one attached hydrogen (secondary N) is 2. The predicted octanol–water partition coefficient (Wildman–Crippen LogP) is -1.44. The lowest BCUT2D eigenvalue weighted by molar-refractivity contribution is -0.146. The average molecular weight is 187 g/mol. The molecule has 1 rings (SSSR count). The van der Waals surface area contributed by atoms with Crippen LogP contribution in [0.2, 0.25) is 0 Å². The number of hydrogen-bond acceptors (Lipinski definition) is 5. The summed E-state index contributed by atoms with van der Waals surface area (Å²) < 4.78 is 4.54. The van der Waals surface area contributed by atoms with Crippen LogP contribution in [0.25, 0.3) is 0 Å². The summed E-state index contributed by atoms with van der Waals surface area (Å²) in [7, 11) is 0. The average Bonchev–Trinajstić information content (AvgIpc) is 2.02. The van der Waals surface area contributed by atoms with Gasteiger partial charge in [-0.25, -0.2) is 15.2 Å². The Morgan fingerprint density at radius 3 is 2.85 bits per heavy atom. The van der Waals surface area contributed by atoms with E-state index in [1.54, 1.807) is 0 Å². The summed E-state index contributed by atoms with van der Waals surface area (Å²) >= 11 is 0. The molecule has 0 unspecified atom stereocenters. The molecule has 0 aromatic carbocycles. The molecule has 0 radical (unpaired) electrons. The third-order valence-electron chi connectivity index (χ3n) is 1.32. The maximum atomic E-state index is 11.0. The Balaban J connectivity index is 2.38. The Morgan fingerprint density at radius 2 is 2.31 bits per heavy atom. The van der Waals surface area contributed by atoms with Crippen molar-refractivity contribution in [3.05, 3.63) is 0 Å². The SMILES string of the molecule is CC(=O)OCN1NCC(=O)NC1=O. The largest absolute Gasteiger partial charge is 0.443 e. The Morgan fingerprint density at radius 1 is 1.62 bits per heavy atom. The van der Waals surface area contributed by atoms with Crippen molar-refractivity contribution in [1.82, 2.24) is 15.8 Å². The van der Waals surface area contributed by atoms with Crippen LogP contribution in [-0.2, 0) is 14.3 Å². The number of carbonyl (C=O) groups excluding carboxylic acids is 3. The number of amides is 3. The number of nitrogens with zero attached hydrogens (tertiary/aromatic N) is 1. The third kappa shape index (κ3) is 2.71. The van der Waals surface area contributed by atoms with Gasteiger partial charge in [-0.15, -0.1) is 0 Å². The molecule has 0 atom stereocenters. The molecule has 0 bridgehead atoms. The van der Waals surface area contributed by atoms with E-state index in [2.05, 4.69) is 10.2 Å². The highest BCUT2D eigenvalue weighted by atomic mass is 16.5. The van der Waals surface area contributed by atoms with Gasteiger partial charge in [-0.1, -0.05) is 0 Å². The molecule has 1 aliphatic heterocycles. The van der Waals surface area contributed by atoms with Gasteiger partial charge in [-0.05, 0) is 0 Å². The van der Waals surface area contributed by atoms with E-state index in [1.165, 1.54) is 6.92 Å². The summed E-state index contributed by atoms with van der Waals surface area (Å²) in [6.45, 7) is 1.01. The first-order chi connectivity index (χ1) is 6.09. The zero-order valence-corrected chi connectivity index (χ0v) is 6.99. The fourth-order valence-electron chi connectivity index (χ4n) is 0.730. The molecule has 3 amide bonds. The summed E-state index contributed by atoms with van der Waals surface area (Å²) in [5.41, 5.74) is 2.47. The lowest BCUT2D eigenvalue weighted by Crippen LogP contribution is -2.59. The monoisotopic (exact) mass is 187 g/mol. The molecule has 1 fully saturated rings. The Kier molecular flexibility index (Phi) is 2.80. The van der Waals surface area contributed by atoms with Crippen LogP contribution in [0.4, 0.5) is 4.79 Å². The molecule has 0 aromatic heterocycles. The highest BCUT2D eigenvalue weighted by Gasteiger charge is 2.22. The van der Waals surface area contributed by atoms with Crippen molar-refractivity contribution in [1.29, 1.82) is 0 Å². The molecule has 0 spiro atoms. The second-order valence-electron chi connectivity index (χ2n) is 2.38. The van der Waals surface area contributed by atoms with Gasteiger partial charge in [0.1, 0.15) is 0 Å². The highest BCUT2D eigenvalue weighted by molar-refractivity contribution is 5.97. The van der Waals surface area contributed by atoms with Crippen LogP contribution < -0.4 is 10.7 Å². The number of urea groups is 1. The Bertz CT molecular complexity index is 252. The smallest absolute Gasteiger partial charge is 0.341 e. The van der Waals surface area contributed by atoms with E-state index in [1.807, 2.05) is 5.32 Å². The van der Waals surface area contributed by atoms with Gasteiger partial charge in [0.05, 0.1) is 6.54 Å². The van der Waals surface area contributed by atoms with Gasteiger partial charge in [0.15, 0.2) is 6.73 Å². The molecule has 13 heavy (non-hydrogen) atoms. The lowest BCUT2D eigenvalue weighted by atomic mass is 10.5. The Labute approximate surface area is 74.0 Å². The molecule has 1 saturated heterocycles. The number of hydrogen-bond donors (Lipinski definition) is 2. The fourth-order valence-corrected chi connectivity index (χ4v) is 0.730. The topological polar surface area (TPSA) is 87.7 Å². The van der Waals surface area contributed by atoms with Crippen LogP contribution >= 0.6 is 0 Å². The summed E-state index contributed by atoms with van der Waals surface area (Å²) in [4.78, 5) is 32.0. The minimum Gasteiger partial charge on any atom is -0.443 e. The lowest BCUT2D eigenvalue weighted by Gasteiger charge is -2.26. The molecule has 0 aliphatic carbocycles. The van der Waals surface area contributed by atoms with Gasteiger partial charge < -0.3 is 4.74 Å². The van der Waals surface area contributed by atoms with Crippen LogP contribution in [0.5, 0.6) is 0 Å². The zero-order valence-electron chi connectivity index (χ0n) is 6.99. The second kappa shape index (κ2) is 3.85. The van der Waals surface area contributed by atoms with Crippen molar-refractivity contribution < 1.29 is 19.1 Å². The molecule has 7 nitrogen and oxygen atoms in total. The molecule has 0 aromatic rings. The third-order valence-corrected chi connectivity index (χ3v) is 1.32. The number of ether oxygens (including phenoxy) is 1. The molecule has 0 saturated carbocycles. The molecular weight excluding hydrogens is 178 g/mol. The van der Waals surface area contributed by atoms with Crippen LogP contribution in [0.3, 0.4) is 0 Å². The van der Waals surface area contributed by atoms with Gasteiger partial charge >= 0.3 is 12.0 Å². The molecule has 7 heteroatoms. The first kappa shape index (κ1) is 9.46. The first-order valence-electron chi connectivity index (χ1n) is 3.58. The van der Waals surface area contributed by atoms with Crippen LogP contribution in [0.15, 0.2) is 0 Å². The number of esters is 1. The predicted molar refractivity (Wildman–Crippen MR) is 40.0 cm³/mol. The van der Waals surface area contributed by atoms with Gasteiger partial charge in [0.25, 0.3) is 0 Å². The summed E-state index contributed by atoms with van der Waals surface area (Å²) in [6, 6.07) is -0.627. The number of carbonyl (C=O) groups is 3. The van der Waals surface area contributed by atoms with Gasteiger partial charge in [0.2, 0.25) is 5.91 Å². The van der Waals surface area contributed by atoms with E-state index in [9.17, 15) is 14.4 Å². The summed E-state index contributed by atoms with van der Waals surface area (Å²) in [6.07, 6.45) is 0. The maximum absolute atomic E-state index is 11.0. The van der Waals surface area contributed by atoms with Crippen LogP contribution in [0.1, 0.15) is 6.92 Å². The van der Waals surface area contributed by atoms with E-state index in [-0.39, 0.29) is 13.3 Å². The molecular formula is C6H9N3O4. The number of imide groups is 1. The van der Waals surface area contributed by atoms with Crippen LogP contribution in [0, 0.1) is 0 Å². The normalized spacial score (nSPS) is 16.8. The van der Waals surface area contributed by atoms with Crippen molar-refractivity contribution in [2.75, 3.05) is 13.3 Å². The highest BCUT2D eigenvalue weighted by Crippen LogP contribution is 1.91. The van der Waals surface area contributed by atoms with Crippen molar-refractivity contribution in [2.45, 2.75) is 6.92 Å². The number of hydrazine groups is 1. The minimum atomic E-state index is -0.627. The van der Waals surface area contributed by atoms with Crippen molar-refractivity contribution in [3.63, 3.8) is 0 Å². The van der Waals surface area contributed by atoms with E-state index >= 15 is 0 Å². The van der Waals surface area contributed by atoms with Crippen molar-refractivity contribution >= 4 is 17.9 Å². The van der Waals surface area contributed by atoms with E-state index in [4.69, 9.17) is 0 Å². The molecule has 72 valence electrons. The Hall–Kier alpha value is -1.63. The molecule has 2 N–H and O–H groups in total. The van der Waals surface area contributed by atoms with Gasteiger partial charge in [0, 0.05) is 6.92 Å². The van der Waals surface area contributed by atoms with E-state index < -0.39 is 17.9 Å². The first-order valence-corrected chi connectivity index (χ1v) is 3.58. The van der Waals surface area contributed by atoms with E-state index in [0.29, 0.717) is 0 Å². The van der Waals surface area contributed by atoms with Crippen molar-refractivity contribution in [2.24, 2.45) is 0 Å². The second-order valence-corrected chi connectivity index (χ2v) is 2.38. The molecule has 1 heterocycles. The van der Waals surface area contributed by atoms with Gasteiger partial charge in [-0.2, -0.15) is 0 Å². The number of rotatable bonds is 2. The minimum absolute atomic E-state index is 0.00694. The van der Waals surface area contributed by atoms with Crippen molar-refractivity contribution in [3.8, 4) is 0 Å². The summed E-state index contributed by atoms with van der Waals surface area (Å²) in [5.74, 6) is -0.907. The summed E-state index contributed by atoms with van der Waals surface area (Å²) in [5, 5.41) is 3.05. The molecule has 1 aliphatic rings. The van der Waals surface area contributed by atoms with E-state index in [0.717, 1.165) is 5.01 Å². The zero-order chi connectivity index (χ0) is 9.84. The standard InChI is InChI=1S/C6H9N3O4/c1-4(10)13-3-9-6(12)8-5(11)2-7-9/h7H,2-3H2,1H3,(H,8,11,12). The maximum Gasteiger partial charge on any atom is 0.341 e.